The van der Waals surface area contributed by atoms with Gasteiger partial charge in [0.05, 0.1) is 15.6 Å². The molecule has 1 aromatic carbocycles. The first kappa shape index (κ1) is 20.6. The minimum Gasteiger partial charge on any atom is -0.479 e. The summed E-state index contributed by atoms with van der Waals surface area (Å²) in [5.74, 6) is -1.75. The molecule has 152 valence electrons. The molecule has 5 atom stereocenters. The molecule has 0 saturated carbocycles. The number of carboxylic acids is 1. The van der Waals surface area contributed by atoms with Gasteiger partial charge in [0.1, 0.15) is 18.3 Å². The number of nitrogens with two attached hydrogens (primary N) is 3. The van der Waals surface area contributed by atoms with E-state index in [0.717, 1.165) is 5.01 Å². The van der Waals surface area contributed by atoms with Crippen molar-refractivity contribution in [3.8, 4) is 0 Å². The monoisotopic (exact) mass is 434 g/mol. The SMILES string of the molecule is NC1=NC(N)=C(c2cccc(Cl)c2Cl)[NH2+]N1[C@@H]1O[C@H](C(=O)O)[C@@H](O)[C@H](O)[C@H]1O. The van der Waals surface area contributed by atoms with Crippen molar-refractivity contribution in [2.24, 2.45) is 16.5 Å². The van der Waals surface area contributed by atoms with Crippen LogP contribution in [-0.4, -0.2) is 68.0 Å². The maximum absolute atomic E-state index is 11.3. The second-order valence-electron chi connectivity index (χ2n) is 6.16. The van der Waals surface area contributed by atoms with Crippen molar-refractivity contribution in [1.29, 1.82) is 0 Å². The number of aliphatic hydroxyl groups excluding tert-OH is 3. The molecule has 1 saturated heterocycles. The predicted molar refractivity (Wildman–Crippen MR) is 97.3 cm³/mol. The highest BCUT2D eigenvalue weighted by atomic mass is 35.5. The van der Waals surface area contributed by atoms with E-state index >= 15 is 0 Å². The highest BCUT2D eigenvalue weighted by Crippen LogP contribution is 2.30. The Bertz CT molecular complexity index is 865. The van der Waals surface area contributed by atoms with Crippen molar-refractivity contribution >= 4 is 40.8 Å². The Balaban J connectivity index is 1.97. The Kier molecular flexibility index (Phi) is 5.68. The number of halogens is 2. The molecule has 3 rings (SSSR count). The maximum Gasteiger partial charge on any atom is 0.335 e. The molecule has 2 aliphatic rings. The molecule has 28 heavy (non-hydrogen) atoms. The fourth-order valence-electron chi connectivity index (χ4n) is 2.93. The van der Waals surface area contributed by atoms with E-state index in [-0.39, 0.29) is 27.5 Å². The van der Waals surface area contributed by atoms with E-state index in [9.17, 15) is 25.2 Å². The lowest BCUT2D eigenvalue weighted by atomic mass is 9.98. The summed E-state index contributed by atoms with van der Waals surface area (Å²) < 4.78 is 5.28. The second kappa shape index (κ2) is 7.72. The Morgan fingerprint density at radius 1 is 1.18 bits per heavy atom. The number of carboxylic acid groups (broad SMARTS) is 1. The van der Waals surface area contributed by atoms with Crippen LogP contribution in [0, 0.1) is 0 Å². The van der Waals surface area contributed by atoms with Crippen LogP contribution in [0.2, 0.25) is 10.0 Å². The predicted octanol–water partition coefficient (Wildman–Crippen LogP) is -2.42. The number of aliphatic hydroxyl groups is 3. The van der Waals surface area contributed by atoms with Crippen LogP contribution < -0.4 is 16.9 Å². The molecule has 0 spiro atoms. The number of carbonyl (C=O) groups is 1. The average molecular weight is 435 g/mol. The molecule has 10 N–H and O–H groups in total. The molecule has 0 aromatic heterocycles. The van der Waals surface area contributed by atoms with Crippen molar-refractivity contribution in [3.63, 3.8) is 0 Å². The van der Waals surface area contributed by atoms with Crippen LogP contribution in [0.15, 0.2) is 29.0 Å². The minimum atomic E-state index is -1.84. The number of aliphatic imine (C=N–C) groups is 1. The highest BCUT2D eigenvalue weighted by molar-refractivity contribution is 6.43. The summed E-state index contributed by atoms with van der Waals surface area (Å²) in [4.78, 5) is 15.3. The van der Waals surface area contributed by atoms with Crippen LogP contribution in [-0.2, 0) is 9.53 Å². The molecule has 0 aliphatic carbocycles. The van der Waals surface area contributed by atoms with Crippen LogP contribution in [0.25, 0.3) is 5.70 Å². The zero-order valence-corrected chi connectivity index (χ0v) is 15.6. The van der Waals surface area contributed by atoms with Gasteiger partial charge in [-0.3, -0.25) is 0 Å². The van der Waals surface area contributed by atoms with Crippen LogP contribution in [0.4, 0.5) is 0 Å². The number of quaternary nitrogens is 1. The van der Waals surface area contributed by atoms with Gasteiger partial charge >= 0.3 is 5.97 Å². The van der Waals surface area contributed by atoms with Crippen LogP contribution in [0.5, 0.6) is 0 Å². The van der Waals surface area contributed by atoms with Crippen LogP contribution in [0.3, 0.4) is 0 Å². The standard InChI is InChI=1S/C15H17Cl2N5O6/c16-5-3-1-2-4(6(5)17)7-12(18)20-15(19)22(21-7)13-10(25)8(23)9(24)11(28-13)14(26)27/h1-3,8-11,13,21,23-25H,18H2,(H2,19,20)(H,26,27)/p+1/t8-,9-,10+,11-,13+/m0/s1. The third-order valence-electron chi connectivity index (χ3n) is 4.39. The second-order valence-corrected chi connectivity index (χ2v) is 6.95. The van der Waals surface area contributed by atoms with E-state index < -0.39 is 36.6 Å². The quantitative estimate of drug-likeness (QED) is 0.253. The van der Waals surface area contributed by atoms with Gasteiger partial charge in [-0.2, -0.15) is 10.0 Å². The van der Waals surface area contributed by atoms with E-state index in [2.05, 4.69) is 4.99 Å². The fraction of sp³-hybridized carbons (Fsp3) is 0.333. The number of benzene rings is 1. The van der Waals surface area contributed by atoms with Gasteiger partial charge in [-0.1, -0.05) is 29.3 Å². The van der Waals surface area contributed by atoms with Crippen LogP contribution in [0.1, 0.15) is 5.56 Å². The van der Waals surface area contributed by atoms with Gasteiger partial charge in [0.15, 0.2) is 11.9 Å². The maximum atomic E-state index is 11.3. The molecule has 11 nitrogen and oxygen atoms in total. The van der Waals surface area contributed by atoms with E-state index in [4.69, 9.17) is 39.4 Å². The molecular weight excluding hydrogens is 417 g/mol. The summed E-state index contributed by atoms with van der Waals surface area (Å²) in [5.41, 5.74) is 13.8. The number of guanidine groups is 1. The van der Waals surface area contributed by atoms with Crippen molar-refractivity contribution in [2.75, 3.05) is 0 Å². The largest absolute Gasteiger partial charge is 0.479 e. The lowest BCUT2D eigenvalue weighted by Crippen LogP contribution is -2.97. The molecule has 2 heterocycles. The molecule has 2 aliphatic heterocycles. The third-order valence-corrected chi connectivity index (χ3v) is 5.21. The van der Waals surface area contributed by atoms with Gasteiger partial charge in [-0.25, -0.2) is 10.2 Å². The lowest BCUT2D eigenvalue weighted by molar-refractivity contribution is -0.730. The Labute approximate surface area is 168 Å². The summed E-state index contributed by atoms with van der Waals surface area (Å²) >= 11 is 12.3. The van der Waals surface area contributed by atoms with Crippen LogP contribution >= 0.6 is 23.2 Å². The number of rotatable bonds is 3. The summed E-state index contributed by atoms with van der Waals surface area (Å²) in [6.45, 7) is 0. The van der Waals surface area contributed by atoms with Crippen molar-refractivity contribution in [2.45, 2.75) is 30.6 Å². The molecule has 1 fully saturated rings. The number of aliphatic carboxylic acids is 1. The zero-order chi connectivity index (χ0) is 20.7. The number of hydrogen-bond donors (Lipinski definition) is 7. The molecule has 0 bridgehead atoms. The topological polar surface area (TPSA) is 191 Å². The van der Waals surface area contributed by atoms with Gasteiger partial charge in [0, 0.05) is 0 Å². The normalized spacial score (nSPS) is 31.0. The van der Waals surface area contributed by atoms with Crippen molar-refractivity contribution in [1.82, 2.24) is 5.01 Å². The highest BCUT2D eigenvalue weighted by Gasteiger charge is 2.51. The van der Waals surface area contributed by atoms with Gasteiger partial charge in [0.25, 0.3) is 0 Å². The molecule has 0 radical (unpaired) electrons. The third kappa shape index (κ3) is 3.49. The van der Waals surface area contributed by atoms with Gasteiger partial charge in [-0.05, 0) is 12.1 Å². The van der Waals surface area contributed by atoms with E-state index in [1.807, 2.05) is 0 Å². The summed E-state index contributed by atoms with van der Waals surface area (Å²) in [6, 6.07) is 4.83. The van der Waals surface area contributed by atoms with Gasteiger partial charge in [-0.15, -0.1) is 0 Å². The summed E-state index contributed by atoms with van der Waals surface area (Å²) in [7, 11) is 0. The fourth-order valence-corrected chi connectivity index (χ4v) is 3.33. The van der Waals surface area contributed by atoms with Crippen molar-refractivity contribution < 1.29 is 35.4 Å². The smallest absolute Gasteiger partial charge is 0.335 e. The van der Waals surface area contributed by atoms with E-state index in [1.54, 1.807) is 18.2 Å². The number of ether oxygens (including phenoxy) is 1. The van der Waals surface area contributed by atoms with E-state index in [0.29, 0.717) is 5.56 Å². The molecule has 0 amide bonds. The first-order valence-electron chi connectivity index (χ1n) is 7.97. The first-order valence-corrected chi connectivity index (χ1v) is 8.73. The molecule has 0 unspecified atom stereocenters. The molecule has 13 heteroatoms. The van der Waals surface area contributed by atoms with Gasteiger partial charge < -0.3 is 36.6 Å². The summed E-state index contributed by atoms with van der Waals surface area (Å²) in [6.07, 6.45) is -8.61. The van der Waals surface area contributed by atoms with E-state index in [1.165, 1.54) is 5.43 Å². The van der Waals surface area contributed by atoms with Crippen molar-refractivity contribution in [3.05, 3.63) is 39.6 Å². The Morgan fingerprint density at radius 2 is 1.86 bits per heavy atom. The minimum absolute atomic E-state index is 0.00131. The first-order chi connectivity index (χ1) is 13.1. The lowest BCUT2D eigenvalue weighted by Gasteiger charge is -2.42. The summed E-state index contributed by atoms with van der Waals surface area (Å²) in [5, 5.41) is 40.9. The number of hydrogen-bond acceptors (Lipinski definition) is 9. The Hall–Kier alpha value is -2.12. The Morgan fingerprint density at radius 3 is 2.50 bits per heavy atom. The van der Waals surface area contributed by atoms with Gasteiger partial charge in [0.2, 0.25) is 17.9 Å². The number of nitrogens with zero attached hydrogens (tertiary/aromatic N) is 2. The molecule has 1 aromatic rings. The average Bonchev–Trinajstić information content (AvgIpc) is 2.63. The zero-order valence-electron chi connectivity index (χ0n) is 14.1. The molecular formula is C15H18Cl2N5O6+.